The Labute approximate surface area is 240 Å². The van der Waals surface area contributed by atoms with Crippen molar-refractivity contribution in [3.8, 4) is 0 Å². The van der Waals surface area contributed by atoms with Crippen molar-refractivity contribution in [2.45, 2.75) is 118 Å². The van der Waals surface area contributed by atoms with E-state index in [-0.39, 0.29) is 23.2 Å². The average Bonchev–Trinajstić information content (AvgIpc) is 2.80. The highest BCUT2D eigenvalue weighted by Crippen LogP contribution is 2.41. The van der Waals surface area contributed by atoms with E-state index < -0.39 is 74.1 Å². The van der Waals surface area contributed by atoms with Gasteiger partial charge in [0.05, 0.1) is 6.10 Å². The Balaban J connectivity index is 5.75. The van der Waals surface area contributed by atoms with Crippen LogP contribution in [0.25, 0.3) is 0 Å². The fourth-order valence-electron chi connectivity index (χ4n) is 4.02. The van der Waals surface area contributed by atoms with Crippen molar-refractivity contribution in [1.82, 2.24) is 0 Å². The first-order chi connectivity index (χ1) is 17.9. The van der Waals surface area contributed by atoms with Crippen LogP contribution in [0.15, 0.2) is 37.0 Å². The molecule has 0 aromatic heterocycles. The van der Waals surface area contributed by atoms with Gasteiger partial charge in [0.15, 0.2) is 20.2 Å². The first kappa shape index (κ1) is 38.0. The Morgan fingerprint density at radius 3 is 1.90 bits per heavy atom. The smallest absolute Gasteiger partial charge is 0.412 e. The third kappa shape index (κ3) is 10.8. The van der Waals surface area contributed by atoms with Crippen molar-refractivity contribution in [2.75, 3.05) is 0 Å². The third-order valence-electron chi connectivity index (χ3n) is 8.41. The Bertz CT molecular complexity index is 944. The topological polar surface area (TPSA) is 69.7 Å². The summed E-state index contributed by atoms with van der Waals surface area (Å²) in [5.74, 6) is -2.44. The van der Waals surface area contributed by atoms with Gasteiger partial charge in [-0.1, -0.05) is 73.6 Å². The average molecular weight is 589 g/mol. The standard InChI is InChI=1S/C31H51F3O5Si/c1-14-16-24(31(32,33)34)17-18-25(23(6)35)38-26(36)19-21(4)30(10,11)28(37)22(5)27(20(3)15-2)39-40(12,13)29(7,8)9/h14-15,17,20-22,25,27H,1-2,16,18-19H2,3-13H3/b24-17+/t20-,21-,22+,25-,27-/m0/s1. The molecule has 0 aliphatic carbocycles. The van der Waals surface area contributed by atoms with E-state index in [9.17, 15) is 27.6 Å². The van der Waals surface area contributed by atoms with Crippen LogP contribution in [-0.2, 0) is 23.5 Å². The van der Waals surface area contributed by atoms with Crippen LogP contribution in [-0.4, -0.2) is 44.2 Å². The zero-order valence-corrected chi connectivity index (χ0v) is 27.3. The molecule has 0 heterocycles. The summed E-state index contributed by atoms with van der Waals surface area (Å²) in [5.41, 5.74) is -1.81. The Morgan fingerprint density at radius 1 is 0.975 bits per heavy atom. The molecule has 0 spiro atoms. The summed E-state index contributed by atoms with van der Waals surface area (Å²) in [6.07, 6.45) is -3.55. The fourth-order valence-corrected chi connectivity index (χ4v) is 5.48. The van der Waals surface area contributed by atoms with Crippen LogP contribution in [0, 0.1) is 23.2 Å². The minimum absolute atomic E-state index is 0.0591. The van der Waals surface area contributed by atoms with Crippen molar-refractivity contribution in [3.05, 3.63) is 37.0 Å². The normalized spacial score (nSPS) is 17.3. The highest BCUT2D eigenvalue weighted by atomic mass is 28.4. The predicted octanol–water partition coefficient (Wildman–Crippen LogP) is 8.41. The molecule has 0 aromatic carbocycles. The van der Waals surface area contributed by atoms with Gasteiger partial charge in [-0.3, -0.25) is 14.4 Å². The number of alkyl halides is 3. The second-order valence-corrected chi connectivity index (χ2v) is 17.7. The van der Waals surface area contributed by atoms with Crippen LogP contribution in [0.2, 0.25) is 18.1 Å². The molecule has 0 aliphatic heterocycles. The number of hydrogen-bond acceptors (Lipinski definition) is 5. The molecule has 230 valence electrons. The molecule has 0 radical (unpaired) electrons. The maximum absolute atomic E-state index is 13.8. The predicted molar refractivity (Wildman–Crippen MR) is 157 cm³/mol. The largest absolute Gasteiger partial charge is 0.454 e. The van der Waals surface area contributed by atoms with Crippen LogP contribution in [0.5, 0.6) is 0 Å². The minimum Gasteiger partial charge on any atom is -0.454 e. The lowest BCUT2D eigenvalue weighted by Gasteiger charge is -2.43. The van der Waals surface area contributed by atoms with E-state index in [0.29, 0.717) is 0 Å². The van der Waals surface area contributed by atoms with Gasteiger partial charge in [-0.2, -0.15) is 13.2 Å². The molecule has 0 rings (SSSR count). The summed E-state index contributed by atoms with van der Waals surface area (Å²) in [7, 11) is -2.22. The van der Waals surface area contributed by atoms with Gasteiger partial charge in [0, 0.05) is 29.7 Å². The number of halogens is 3. The van der Waals surface area contributed by atoms with Crippen molar-refractivity contribution in [3.63, 3.8) is 0 Å². The van der Waals surface area contributed by atoms with E-state index in [1.807, 2.05) is 13.8 Å². The van der Waals surface area contributed by atoms with E-state index in [1.165, 1.54) is 0 Å². The van der Waals surface area contributed by atoms with Crippen molar-refractivity contribution >= 4 is 25.9 Å². The molecular formula is C31H51F3O5Si. The SMILES string of the molecule is C=CC/C(=C\C[C@H](OC(=O)C[C@H](C)C(C)(C)C(=O)[C@H](C)[C@@H](O[Si](C)(C)C(C)(C)C)[C@@H](C)C=C)C(C)=O)C(F)(F)F. The quantitative estimate of drug-likeness (QED) is 0.103. The lowest BCUT2D eigenvalue weighted by molar-refractivity contribution is -0.156. The molecule has 0 fully saturated rings. The van der Waals surface area contributed by atoms with E-state index in [4.69, 9.17) is 9.16 Å². The molecule has 0 saturated heterocycles. The summed E-state index contributed by atoms with van der Waals surface area (Å²) in [4.78, 5) is 38.7. The number of ether oxygens (including phenoxy) is 1. The number of carbonyl (C=O) groups is 3. The van der Waals surface area contributed by atoms with Gasteiger partial charge in [-0.05, 0) is 43.3 Å². The maximum atomic E-state index is 13.8. The molecule has 0 unspecified atom stereocenters. The lowest BCUT2D eigenvalue weighted by Crippen LogP contribution is -2.50. The number of Topliss-reactive ketones (excluding diaryl/α,β-unsaturated/α-hetero) is 2. The zero-order chi connectivity index (χ0) is 31.9. The number of carbonyl (C=O) groups excluding carboxylic acids is 3. The van der Waals surface area contributed by atoms with Gasteiger partial charge in [0.25, 0.3) is 0 Å². The summed E-state index contributed by atoms with van der Waals surface area (Å²) < 4.78 is 51.6. The summed E-state index contributed by atoms with van der Waals surface area (Å²) >= 11 is 0. The Hall–Kier alpha value is -2.00. The zero-order valence-electron chi connectivity index (χ0n) is 26.3. The van der Waals surface area contributed by atoms with Gasteiger partial charge >= 0.3 is 12.1 Å². The monoisotopic (exact) mass is 588 g/mol. The summed E-state index contributed by atoms with van der Waals surface area (Å²) in [6.45, 7) is 28.1. The number of rotatable bonds is 16. The number of hydrogen-bond donors (Lipinski definition) is 0. The Morgan fingerprint density at radius 2 is 1.50 bits per heavy atom. The first-order valence-corrected chi connectivity index (χ1v) is 16.8. The van der Waals surface area contributed by atoms with E-state index in [0.717, 1.165) is 19.1 Å². The minimum atomic E-state index is -4.58. The van der Waals surface area contributed by atoms with E-state index >= 15 is 0 Å². The molecule has 9 heteroatoms. The van der Waals surface area contributed by atoms with Crippen molar-refractivity contribution < 1.29 is 36.7 Å². The third-order valence-corrected chi connectivity index (χ3v) is 12.9. The number of ketones is 2. The van der Waals surface area contributed by atoms with Crippen LogP contribution >= 0.6 is 0 Å². The molecule has 0 bridgehead atoms. The summed E-state index contributed by atoms with van der Waals surface area (Å²) in [5, 5.41) is -0.0591. The number of esters is 1. The maximum Gasteiger partial charge on any atom is 0.412 e. The van der Waals surface area contributed by atoms with Gasteiger partial charge in [0.2, 0.25) is 0 Å². The second-order valence-electron chi connectivity index (χ2n) is 13.0. The molecule has 0 aromatic rings. The molecule has 5 nitrogen and oxygen atoms in total. The fraction of sp³-hybridized carbons (Fsp3) is 0.710. The lowest BCUT2D eigenvalue weighted by atomic mass is 9.69. The van der Waals surface area contributed by atoms with Crippen LogP contribution in [0.1, 0.15) is 81.6 Å². The molecular weight excluding hydrogens is 537 g/mol. The highest BCUT2D eigenvalue weighted by Gasteiger charge is 2.45. The molecule has 0 N–H and O–H groups in total. The van der Waals surface area contributed by atoms with Gasteiger partial charge in [-0.15, -0.1) is 13.2 Å². The van der Waals surface area contributed by atoms with Crippen LogP contribution in [0.3, 0.4) is 0 Å². The van der Waals surface area contributed by atoms with Gasteiger partial charge < -0.3 is 9.16 Å². The number of allylic oxidation sites excluding steroid dienone is 2. The second kappa shape index (κ2) is 14.8. The first-order valence-electron chi connectivity index (χ1n) is 13.9. The molecule has 0 saturated carbocycles. The van der Waals surface area contributed by atoms with Crippen LogP contribution in [0.4, 0.5) is 13.2 Å². The Kier molecular flexibility index (Phi) is 14.0. The highest BCUT2D eigenvalue weighted by molar-refractivity contribution is 6.74. The van der Waals surface area contributed by atoms with Crippen molar-refractivity contribution in [2.24, 2.45) is 23.2 Å². The van der Waals surface area contributed by atoms with Gasteiger partial charge in [0.1, 0.15) is 5.78 Å². The van der Waals surface area contributed by atoms with Gasteiger partial charge in [-0.25, -0.2) is 0 Å². The van der Waals surface area contributed by atoms with Crippen LogP contribution < -0.4 is 0 Å². The van der Waals surface area contributed by atoms with E-state index in [2.05, 4.69) is 47.0 Å². The van der Waals surface area contributed by atoms with Crippen molar-refractivity contribution in [1.29, 1.82) is 0 Å². The molecule has 0 amide bonds. The summed E-state index contributed by atoms with van der Waals surface area (Å²) in [6, 6.07) is 0. The van der Waals surface area contributed by atoms with E-state index in [1.54, 1.807) is 26.8 Å². The molecule has 5 atom stereocenters. The molecule has 40 heavy (non-hydrogen) atoms. The molecule has 0 aliphatic rings.